The second-order valence-electron chi connectivity index (χ2n) is 5.83. The van der Waals surface area contributed by atoms with E-state index in [9.17, 15) is 0 Å². The Morgan fingerprint density at radius 2 is 2.10 bits per heavy atom. The van der Waals surface area contributed by atoms with E-state index in [-0.39, 0.29) is 12.0 Å². The summed E-state index contributed by atoms with van der Waals surface area (Å²) in [6.07, 6.45) is 0. The molecule has 2 heterocycles. The lowest BCUT2D eigenvalue weighted by molar-refractivity contribution is 0.302. The summed E-state index contributed by atoms with van der Waals surface area (Å²) in [5.41, 5.74) is 1.27. The predicted octanol–water partition coefficient (Wildman–Crippen LogP) is 2.85. The van der Waals surface area contributed by atoms with E-state index in [0.717, 1.165) is 12.4 Å². The van der Waals surface area contributed by atoms with Gasteiger partial charge in [0.15, 0.2) is 5.82 Å². The fourth-order valence-corrected chi connectivity index (χ4v) is 2.57. The largest absolute Gasteiger partial charge is 0.493 e. The molecule has 1 aromatic heterocycles. The highest BCUT2D eigenvalue weighted by atomic mass is 16.5. The maximum Gasteiger partial charge on any atom is 0.229 e. The van der Waals surface area contributed by atoms with Gasteiger partial charge in [-0.05, 0) is 13.0 Å². The van der Waals surface area contributed by atoms with Crippen molar-refractivity contribution < 1.29 is 9.26 Å². The molecule has 2 aromatic rings. The smallest absolute Gasteiger partial charge is 0.229 e. The molecular weight excluding hydrogens is 266 g/mol. The molecule has 0 radical (unpaired) electrons. The lowest BCUT2D eigenvalue weighted by Crippen LogP contribution is -2.32. The van der Waals surface area contributed by atoms with Gasteiger partial charge in [-0.3, -0.25) is 0 Å². The third-order valence-electron chi connectivity index (χ3n) is 3.90. The van der Waals surface area contributed by atoms with E-state index in [4.69, 9.17) is 9.26 Å². The van der Waals surface area contributed by atoms with Crippen molar-refractivity contribution in [2.45, 2.75) is 45.2 Å². The molecule has 5 nitrogen and oxygen atoms in total. The highest BCUT2D eigenvalue weighted by molar-refractivity contribution is 5.40. The summed E-state index contributed by atoms with van der Waals surface area (Å²) < 4.78 is 10.9. The van der Waals surface area contributed by atoms with Crippen molar-refractivity contribution in [3.05, 3.63) is 41.5 Å². The van der Waals surface area contributed by atoms with E-state index < -0.39 is 0 Å². The Morgan fingerprint density at radius 3 is 2.86 bits per heavy atom. The monoisotopic (exact) mass is 287 g/mol. The molecule has 3 rings (SSSR count). The Labute approximate surface area is 124 Å². The lowest BCUT2D eigenvalue weighted by Gasteiger charge is -2.19. The Bertz CT molecular complexity index is 609. The van der Waals surface area contributed by atoms with Crippen LogP contribution < -0.4 is 10.1 Å². The topological polar surface area (TPSA) is 60.2 Å². The Morgan fingerprint density at radius 1 is 1.29 bits per heavy atom. The SMILES string of the molecule is CC(C)c1nc(CNC(C)C2COc3ccccc32)no1. The molecule has 1 N–H and O–H groups in total. The van der Waals surface area contributed by atoms with Gasteiger partial charge in [0.05, 0.1) is 13.2 Å². The molecule has 0 fully saturated rings. The molecular formula is C16H21N3O2. The summed E-state index contributed by atoms with van der Waals surface area (Å²) in [6, 6.07) is 8.51. The van der Waals surface area contributed by atoms with Crippen LogP contribution in [-0.4, -0.2) is 22.8 Å². The zero-order valence-corrected chi connectivity index (χ0v) is 12.7. The summed E-state index contributed by atoms with van der Waals surface area (Å²) in [5, 5.41) is 7.47. The van der Waals surface area contributed by atoms with Crippen LogP contribution >= 0.6 is 0 Å². The minimum atomic E-state index is 0.263. The molecule has 5 heteroatoms. The van der Waals surface area contributed by atoms with Gasteiger partial charge in [-0.15, -0.1) is 0 Å². The second-order valence-corrected chi connectivity index (χ2v) is 5.83. The maximum atomic E-state index is 5.73. The second kappa shape index (κ2) is 5.85. The third kappa shape index (κ3) is 2.93. The molecule has 0 amide bonds. The Kier molecular flexibility index (Phi) is 3.92. The highest BCUT2D eigenvalue weighted by Crippen LogP contribution is 2.35. The number of para-hydroxylation sites is 1. The number of benzene rings is 1. The van der Waals surface area contributed by atoms with Crippen LogP contribution in [-0.2, 0) is 6.54 Å². The fraction of sp³-hybridized carbons (Fsp3) is 0.500. The first-order valence-electron chi connectivity index (χ1n) is 7.42. The summed E-state index contributed by atoms with van der Waals surface area (Å²) in [5.74, 6) is 3.01. The first-order chi connectivity index (χ1) is 10.1. The van der Waals surface area contributed by atoms with Gasteiger partial charge in [-0.25, -0.2) is 0 Å². The molecule has 1 aliphatic heterocycles. The number of nitrogens with zero attached hydrogens (tertiary/aromatic N) is 2. The van der Waals surface area contributed by atoms with Crippen molar-refractivity contribution in [3.8, 4) is 5.75 Å². The molecule has 0 bridgehead atoms. The van der Waals surface area contributed by atoms with Crippen molar-refractivity contribution in [2.75, 3.05) is 6.61 Å². The average Bonchev–Trinajstić information content (AvgIpc) is 3.11. The van der Waals surface area contributed by atoms with Gasteiger partial charge in [-0.1, -0.05) is 37.2 Å². The summed E-state index contributed by atoms with van der Waals surface area (Å²) in [7, 11) is 0. The van der Waals surface area contributed by atoms with Crippen molar-refractivity contribution in [1.82, 2.24) is 15.5 Å². The highest BCUT2D eigenvalue weighted by Gasteiger charge is 2.28. The van der Waals surface area contributed by atoms with Gasteiger partial charge in [0.2, 0.25) is 5.89 Å². The summed E-state index contributed by atoms with van der Waals surface area (Å²) in [6.45, 7) is 7.58. The molecule has 0 aliphatic carbocycles. The van der Waals surface area contributed by atoms with Crippen molar-refractivity contribution in [2.24, 2.45) is 0 Å². The van der Waals surface area contributed by atoms with Gasteiger partial charge < -0.3 is 14.6 Å². The molecule has 1 aliphatic rings. The molecule has 0 saturated heterocycles. The molecule has 1 aromatic carbocycles. The Hall–Kier alpha value is -1.88. The quantitative estimate of drug-likeness (QED) is 0.916. The number of fused-ring (bicyclic) bond motifs is 1. The summed E-state index contributed by atoms with van der Waals surface area (Å²) in [4.78, 5) is 4.38. The first-order valence-corrected chi connectivity index (χ1v) is 7.42. The number of hydrogen-bond donors (Lipinski definition) is 1. The van der Waals surface area contributed by atoms with Gasteiger partial charge in [0.1, 0.15) is 5.75 Å². The van der Waals surface area contributed by atoms with Gasteiger partial charge >= 0.3 is 0 Å². The minimum absolute atomic E-state index is 0.263. The summed E-state index contributed by atoms with van der Waals surface area (Å²) >= 11 is 0. The molecule has 0 spiro atoms. The van der Waals surface area contributed by atoms with Crippen LogP contribution in [0.5, 0.6) is 5.75 Å². The number of nitrogens with one attached hydrogen (secondary N) is 1. The van der Waals surface area contributed by atoms with Crippen LogP contribution in [0.15, 0.2) is 28.8 Å². The van der Waals surface area contributed by atoms with E-state index in [1.807, 2.05) is 26.0 Å². The lowest BCUT2D eigenvalue weighted by atomic mass is 9.94. The van der Waals surface area contributed by atoms with Gasteiger partial charge in [0, 0.05) is 23.4 Å². The van der Waals surface area contributed by atoms with E-state index in [2.05, 4.69) is 34.5 Å². The average molecular weight is 287 g/mol. The van der Waals surface area contributed by atoms with Gasteiger partial charge in [0.25, 0.3) is 0 Å². The van der Waals surface area contributed by atoms with Crippen LogP contribution in [0.25, 0.3) is 0 Å². The van der Waals surface area contributed by atoms with Crippen LogP contribution in [0.2, 0.25) is 0 Å². The third-order valence-corrected chi connectivity index (χ3v) is 3.90. The van der Waals surface area contributed by atoms with Crippen LogP contribution in [0.3, 0.4) is 0 Å². The maximum absolute atomic E-state index is 5.73. The van der Waals surface area contributed by atoms with Crippen molar-refractivity contribution in [3.63, 3.8) is 0 Å². The van der Waals surface area contributed by atoms with Crippen molar-refractivity contribution >= 4 is 0 Å². The van der Waals surface area contributed by atoms with E-state index in [0.29, 0.717) is 24.2 Å². The van der Waals surface area contributed by atoms with E-state index >= 15 is 0 Å². The van der Waals surface area contributed by atoms with E-state index in [1.54, 1.807) is 0 Å². The van der Waals surface area contributed by atoms with Crippen LogP contribution in [0.4, 0.5) is 0 Å². The van der Waals surface area contributed by atoms with E-state index in [1.165, 1.54) is 5.56 Å². The number of ether oxygens (including phenoxy) is 1. The minimum Gasteiger partial charge on any atom is -0.493 e. The number of aromatic nitrogens is 2. The normalized spacial score (nSPS) is 18.6. The van der Waals surface area contributed by atoms with Crippen LogP contribution in [0.1, 0.15) is 49.9 Å². The number of rotatable bonds is 5. The zero-order chi connectivity index (χ0) is 14.8. The van der Waals surface area contributed by atoms with Gasteiger partial charge in [-0.2, -0.15) is 4.98 Å². The Balaban J connectivity index is 1.61. The molecule has 0 saturated carbocycles. The zero-order valence-electron chi connectivity index (χ0n) is 12.7. The molecule has 112 valence electrons. The standard InChI is InChI=1S/C16H21N3O2/c1-10(2)16-18-15(19-21-16)8-17-11(3)13-9-20-14-7-5-4-6-12(13)14/h4-7,10-11,13,17H,8-9H2,1-3H3. The molecule has 21 heavy (non-hydrogen) atoms. The first kappa shape index (κ1) is 14.1. The van der Waals surface area contributed by atoms with Crippen LogP contribution in [0, 0.1) is 0 Å². The number of hydrogen-bond acceptors (Lipinski definition) is 5. The molecule has 2 atom stereocenters. The predicted molar refractivity (Wildman–Crippen MR) is 79.4 cm³/mol. The van der Waals surface area contributed by atoms with Crippen molar-refractivity contribution in [1.29, 1.82) is 0 Å². The molecule has 2 unspecified atom stereocenters. The fourth-order valence-electron chi connectivity index (χ4n) is 2.57.